The molecule has 0 aliphatic rings. The molecule has 0 heterocycles. The Bertz CT molecular complexity index is 229. The number of unbranched alkanes of at least 4 members (excludes halogenated alkanes) is 3. The fourth-order valence-electron chi connectivity index (χ4n) is 1.34. The smallest absolute Gasteiger partial charge is 1.00 e. The van der Waals surface area contributed by atoms with E-state index in [4.69, 9.17) is 4.74 Å². The van der Waals surface area contributed by atoms with Gasteiger partial charge in [0.2, 0.25) is 0 Å². The van der Waals surface area contributed by atoms with Gasteiger partial charge in [-0.15, -0.1) is 5.56 Å². The van der Waals surface area contributed by atoms with Crippen LogP contribution in [0.1, 0.15) is 38.2 Å². The van der Waals surface area contributed by atoms with Gasteiger partial charge in [-0.1, -0.05) is 26.2 Å². The van der Waals surface area contributed by atoms with Crippen molar-refractivity contribution in [2.24, 2.45) is 0 Å². The average molecular weight is 296 g/mol. The molecule has 0 N–H and O–H groups in total. The number of hydrogen-bond acceptors (Lipinski definition) is 1. The molecule has 1 aromatic carbocycles. The molecule has 0 atom stereocenters. The van der Waals surface area contributed by atoms with Crippen molar-refractivity contribution in [3.8, 4) is 0 Å². The largest absolute Gasteiger partial charge is 2.00 e. The molecule has 0 bridgehead atoms. The minimum absolute atomic E-state index is 0. The predicted octanol–water partition coefficient (Wildman–Crippen LogP) is 0.207. The second kappa shape index (κ2) is 13.5. The maximum atomic E-state index is 5.55. The van der Waals surface area contributed by atoms with Gasteiger partial charge in [-0.2, -0.15) is 30.3 Å². The standard InChI is InChI=1S/C13H19O.BrH.Mg/c1-2-3-4-8-11-14-12-13-9-6-5-7-10-13;;/h6-7,9-10H,2-4,8,11-12H2,1H3;1H;/q-1;;+2/p-1. The topological polar surface area (TPSA) is 9.23 Å². The molecule has 0 saturated carbocycles. The zero-order valence-corrected chi connectivity index (χ0v) is 13.0. The van der Waals surface area contributed by atoms with Crippen LogP contribution < -0.4 is 17.0 Å². The van der Waals surface area contributed by atoms with Gasteiger partial charge in [-0.3, -0.25) is 0 Å². The summed E-state index contributed by atoms with van der Waals surface area (Å²) >= 11 is 0. The number of rotatable bonds is 7. The molecular weight excluding hydrogens is 276 g/mol. The van der Waals surface area contributed by atoms with Gasteiger partial charge in [0, 0.05) is 13.2 Å². The first-order valence-electron chi connectivity index (χ1n) is 5.46. The molecule has 0 saturated heterocycles. The summed E-state index contributed by atoms with van der Waals surface area (Å²) in [5.41, 5.74) is 1.24. The molecule has 1 aromatic rings. The fraction of sp³-hybridized carbons (Fsp3) is 0.538. The molecule has 1 nitrogen and oxygen atoms in total. The van der Waals surface area contributed by atoms with Crippen LogP contribution in [0, 0.1) is 6.07 Å². The van der Waals surface area contributed by atoms with E-state index in [1.807, 2.05) is 24.3 Å². The Morgan fingerprint density at radius 2 is 1.81 bits per heavy atom. The van der Waals surface area contributed by atoms with Gasteiger partial charge in [0.25, 0.3) is 0 Å². The third-order valence-corrected chi connectivity index (χ3v) is 2.20. The van der Waals surface area contributed by atoms with E-state index in [1.165, 1.54) is 31.2 Å². The normalized spacial score (nSPS) is 9.06. The summed E-state index contributed by atoms with van der Waals surface area (Å²) in [4.78, 5) is 0. The Morgan fingerprint density at radius 1 is 1.12 bits per heavy atom. The van der Waals surface area contributed by atoms with Crippen LogP contribution >= 0.6 is 0 Å². The molecule has 0 aromatic heterocycles. The Labute approximate surface area is 126 Å². The van der Waals surface area contributed by atoms with E-state index >= 15 is 0 Å². The third-order valence-electron chi connectivity index (χ3n) is 2.20. The summed E-state index contributed by atoms with van der Waals surface area (Å²) in [7, 11) is 0. The summed E-state index contributed by atoms with van der Waals surface area (Å²) in [6.07, 6.45) is 5.09. The zero-order chi connectivity index (χ0) is 10.1. The van der Waals surface area contributed by atoms with Crippen molar-refractivity contribution in [1.82, 2.24) is 0 Å². The maximum absolute atomic E-state index is 5.55. The van der Waals surface area contributed by atoms with Crippen LogP contribution in [0.25, 0.3) is 0 Å². The van der Waals surface area contributed by atoms with Crippen LogP contribution in [0.3, 0.4) is 0 Å². The second-order valence-electron chi connectivity index (χ2n) is 3.52. The number of ether oxygens (including phenoxy) is 1. The number of benzene rings is 1. The van der Waals surface area contributed by atoms with E-state index < -0.39 is 0 Å². The summed E-state index contributed by atoms with van der Waals surface area (Å²) in [5, 5.41) is 0. The molecule has 16 heavy (non-hydrogen) atoms. The molecule has 0 radical (unpaired) electrons. The molecular formula is C13H19BrMgO. The van der Waals surface area contributed by atoms with E-state index in [1.54, 1.807) is 0 Å². The van der Waals surface area contributed by atoms with Crippen molar-refractivity contribution in [2.75, 3.05) is 6.61 Å². The molecule has 0 unspecified atom stereocenters. The SMILES string of the molecule is CCCCCCOCc1cc[c-]cc1.[Br-].[Mg+2]. The Hall–Kier alpha value is 0.426. The summed E-state index contributed by atoms with van der Waals surface area (Å²) < 4.78 is 5.55. The van der Waals surface area contributed by atoms with Crippen molar-refractivity contribution in [3.63, 3.8) is 0 Å². The van der Waals surface area contributed by atoms with E-state index in [2.05, 4.69) is 13.0 Å². The van der Waals surface area contributed by atoms with Gasteiger partial charge in [0.1, 0.15) is 0 Å². The van der Waals surface area contributed by atoms with Crippen LogP contribution in [0.4, 0.5) is 0 Å². The molecule has 0 amide bonds. The van der Waals surface area contributed by atoms with Gasteiger partial charge < -0.3 is 21.7 Å². The van der Waals surface area contributed by atoms with Gasteiger partial charge in [-0.05, 0) is 6.42 Å². The van der Waals surface area contributed by atoms with Crippen LogP contribution in [0.15, 0.2) is 24.3 Å². The molecule has 3 heteroatoms. The predicted molar refractivity (Wildman–Crippen MR) is 64.8 cm³/mol. The first-order valence-corrected chi connectivity index (χ1v) is 5.46. The maximum Gasteiger partial charge on any atom is 2.00 e. The molecule has 86 valence electrons. The Morgan fingerprint density at radius 3 is 2.44 bits per heavy atom. The van der Waals surface area contributed by atoms with Gasteiger partial charge >= 0.3 is 23.1 Å². The fourth-order valence-corrected chi connectivity index (χ4v) is 1.34. The first kappa shape index (κ1) is 18.8. The summed E-state index contributed by atoms with van der Waals surface area (Å²) in [5.74, 6) is 0. The summed E-state index contributed by atoms with van der Waals surface area (Å²) in [6.45, 7) is 3.85. The van der Waals surface area contributed by atoms with Crippen molar-refractivity contribution >= 4 is 23.1 Å². The van der Waals surface area contributed by atoms with Crippen molar-refractivity contribution in [3.05, 3.63) is 35.9 Å². The first-order chi connectivity index (χ1) is 6.93. The van der Waals surface area contributed by atoms with E-state index in [9.17, 15) is 0 Å². The molecule has 0 aliphatic heterocycles. The minimum Gasteiger partial charge on any atom is -1.00 e. The Balaban J connectivity index is 0. The van der Waals surface area contributed by atoms with Gasteiger partial charge in [-0.25, -0.2) is 0 Å². The molecule has 0 fully saturated rings. The van der Waals surface area contributed by atoms with E-state index in [-0.39, 0.29) is 40.0 Å². The number of halogens is 1. The minimum atomic E-state index is 0. The number of hydrogen-bond donors (Lipinski definition) is 0. The monoisotopic (exact) mass is 294 g/mol. The van der Waals surface area contributed by atoms with Crippen molar-refractivity contribution < 1.29 is 21.7 Å². The van der Waals surface area contributed by atoms with Crippen LogP contribution in [0.5, 0.6) is 0 Å². The van der Waals surface area contributed by atoms with Crippen LogP contribution in [-0.2, 0) is 11.3 Å². The third kappa shape index (κ3) is 9.64. The van der Waals surface area contributed by atoms with Gasteiger partial charge in [0.05, 0.1) is 0 Å². The molecule has 0 aliphatic carbocycles. The van der Waals surface area contributed by atoms with E-state index in [0.717, 1.165) is 13.2 Å². The van der Waals surface area contributed by atoms with Crippen molar-refractivity contribution in [2.45, 2.75) is 39.2 Å². The Kier molecular flexibility index (Phi) is 15.8. The quantitative estimate of drug-likeness (QED) is 0.397. The second-order valence-corrected chi connectivity index (χ2v) is 3.52. The van der Waals surface area contributed by atoms with Crippen LogP contribution in [-0.4, -0.2) is 29.7 Å². The van der Waals surface area contributed by atoms with E-state index in [0.29, 0.717) is 0 Å². The zero-order valence-electron chi connectivity index (χ0n) is 10.0. The van der Waals surface area contributed by atoms with Crippen molar-refractivity contribution in [1.29, 1.82) is 0 Å². The van der Waals surface area contributed by atoms with Crippen LogP contribution in [0.2, 0.25) is 0 Å². The summed E-state index contributed by atoms with van der Waals surface area (Å²) in [6, 6.07) is 10.9. The molecule has 1 rings (SSSR count). The average Bonchev–Trinajstić information content (AvgIpc) is 2.25. The van der Waals surface area contributed by atoms with Gasteiger partial charge in [0.15, 0.2) is 0 Å². The molecule has 0 spiro atoms.